The number of hydrogen-bond donors (Lipinski definition) is 1. The van der Waals surface area contributed by atoms with Gasteiger partial charge in [-0.15, -0.1) is 0 Å². The molecule has 2 aromatic heterocycles. The molecule has 0 saturated heterocycles. The molecule has 0 aromatic carbocycles. The van der Waals surface area contributed by atoms with Crippen molar-refractivity contribution in [2.24, 2.45) is 0 Å². The van der Waals surface area contributed by atoms with Gasteiger partial charge >= 0.3 is 89.7 Å². The van der Waals surface area contributed by atoms with Gasteiger partial charge in [-0.25, -0.2) is 0 Å². The molecule has 0 aliphatic carbocycles. The molecule has 2 heterocycles. The second-order valence-corrected chi connectivity index (χ2v) is 6.49. The molecule has 6 heteroatoms. The first kappa shape index (κ1) is 8.60. The van der Waals surface area contributed by atoms with Crippen molar-refractivity contribution in [3.05, 3.63) is 15.7 Å². The van der Waals surface area contributed by atoms with Gasteiger partial charge in [0.05, 0.1) is 0 Å². The summed E-state index contributed by atoms with van der Waals surface area (Å²) in [6.45, 7) is 1.99. The molecule has 12 heavy (non-hydrogen) atoms. The van der Waals surface area contributed by atoms with E-state index in [9.17, 15) is 0 Å². The Kier molecular flexibility index (Phi) is 2.44. The number of aryl methyl sites for hydroxylation is 1. The van der Waals surface area contributed by atoms with Gasteiger partial charge in [0.25, 0.3) is 0 Å². The van der Waals surface area contributed by atoms with Crippen LogP contribution in [-0.2, 0) is 0 Å². The topological polar surface area (TPSA) is 54.5 Å². The zero-order valence-corrected chi connectivity index (χ0v) is 10.5. The van der Waals surface area contributed by atoms with Crippen molar-refractivity contribution in [3.8, 4) is 0 Å². The molecule has 0 amide bonds. The Morgan fingerprint density at radius 1 is 1.50 bits per heavy atom. The third-order valence-electron chi connectivity index (χ3n) is 1.57. The van der Waals surface area contributed by atoms with E-state index < -0.39 is 0 Å². The van der Waals surface area contributed by atoms with Gasteiger partial charge in [-0.2, -0.15) is 0 Å². The number of halogens is 2. The Hall–Kier alpha value is 0.0100. The molecule has 0 aliphatic heterocycles. The van der Waals surface area contributed by atoms with Gasteiger partial charge in [0, 0.05) is 0 Å². The number of hydrogen-bond acceptors (Lipinski definition) is 3. The summed E-state index contributed by atoms with van der Waals surface area (Å²) in [5.41, 5.74) is 1.80. The van der Waals surface area contributed by atoms with Gasteiger partial charge < -0.3 is 0 Å². The maximum atomic E-state index is 4.13. The SMILES string of the molecule is Cc1ncnc2n[nH]c([I-]I)c12. The molecule has 0 atom stereocenters. The van der Waals surface area contributed by atoms with E-state index in [1.54, 1.807) is 6.33 Å². The fourth-order valence-corrected chi connectivity index (χ4v) is 4.04. The van der Waals surface area contributed by atoms with Gasteiger partial charge in [-0.3, -0.25) is 0 Å². The zero-order chi connectivity index (χ0) is 8.55. The van der Waals surface area contributed by atoms with Crippen LogP contribution in [0.1, 0.15) is 5.69 Å². The molecule has 64 valence electrons. The van der Waals surface area contributed by atoms with E-state index in [0.29, 0.717) is 0 Å². The Labute approximate surface area is 89.0 Å². The number of rotatable bonds is 1. The first-order valence-corrected chi connectivity index (χ1v) is 10.6. The van der Waals surface area contributed by atoms with Crippen LogP contribution in [0.3, 0.4) is 0 Å². The predicted molar refractivity (Wildman–Crippen MR) is 49.1 cm³/mol. The van der Waals surface area contributed by atoms with Crippen LogP contribution in [0, 0.1) is 10.6 Å². The monoisotopic (exact) mass is 387 g/mol. The van der Waals surface area contributed by atoms with Crippen LogP contribution in [0.5, 0.6) is 0 Å². The number of aromatic nitrogens is 4. The summed E-state index contributed by atoms with van der Waals surface area (Å²) < 4.78 is 1.21. The minimum absolute atomic E-state index is 0.0000685. The summed E-state index contributed by atoms with van der Waals surface area (Å²) in [7, 11) is 0. The second-order valence-electron chi connectivity index (χ2n) is 2.27. The van der Waals surface area contributed by atoms with Crippen LogP contribution in [0.25, 0.3) is 11.0 Å². The van der Waals surface area contributed by atoms with Crippen molar-refractivity contribution in [2.45, 2.75) is 6.92 Å². The Morgan fingerprint density at radius 3 is 3.08 bits per heavy atom. The van der Waals surface area contributed by atoms with Crippen molar-refractivity contribution in [1.82, 2.24) is 20.2 Å². The number of nitrogens with zero attached hydrogens (tertiary/aromatic N) is 3. The molecule has 0 aliphatic rings. The van der Waals surface area contributed by atoms with E-state index in [1.165, 1.54) is 3.70 Å². The van der Waals surface area contributed by atoms with Crippen LogP contribution >= 0.6 is 18.6 Å². The summed E-state index contributed by atoms with van der Waals surface area (Å²) in [4.78, 5) is 8.20. The Morgan fingerprint density at radius 2 is 2.33 bits per heavy atom. The molecule has 0 unspecified atom stereocenters. The first-order chi connectivity index (χ1) is 5.83. The summed E-state index contributed by atoms with van der Waals surface area (Å²) >= 11 is 2.40. The molecule has 0 bridgehead atoms. The van der Waals surface area contributed by atoms with Crippen molar-refractivity contribution in [1.29, 1.82) is 0 Å². The average Bonchev–Trinajstić information content (AvgIpc) is 2.49. The Balaban J connectivity index is 2.83. The average molecular weight is 387 g/mol. The van der Waals surface area contributed by atoms with Gasteiger partial charge in [0.2, 0.25) is 0 Å². The van der Waals surface area contributed by atoms with Gasteiger partial charge in [0.1, 0.15) is 0 Å². The molecule has 4 nitrogen and oxygen atoms in total. The van der Waals surface area contributed by atoms with E-state index >= 15 is 0 Å². The normalized spacial score (nSPS) is 11.2. The number of H-pyrrole nitrogens is 1. The molecular formula is C6H5I2N4-. The van der Waals surface area contributed by atoms with Crippen LogP contribution < -0.4 is 17.2 Å². The van der Waals surface area contributed by atoms with Crippen molar-refractivity contribution < 1.29 is 17.2 Å². The summed E-state index contributed by atoms with van der Waals surface area (Å²) in [5.74, 6) is 0. The predicted octanol–water partition coefficient (Wildman–Crippen LogP) is -1.73. The first-order valence-electron chi connectivity index (χ1n) is 3.24. The quantitative estimate of drug-likeness (QED) is 0.593. The van der Waals surface area contributed by atoms with Crippen LogP contribution in [0.15, 0.2) is 6.33 Å². The molecule has 0 radical (unpaired) electrons. The molecule has 0 fully saturated rings. The molecule has 0 spiro atoms. The van der Waals surface area contributed by atoms with Gasteiger partial charge in [-0.05, 0) is 0 Å². The molecule has 2 aromatic rings. The van der Waals surface area contributed by atoms with E-state index in [2.05, 4.69) is 38.8 Å². The summed E-state index contributed by atoms with van der Waals surface area (Å²) in [6, 6.07) is 0. The van der Waals surface area contributed by atoms with E-state index in [4.69, 9.17) is 0 Å². The minimum atomic E-state index is -0.0000685. The maximum absolute atomic E-state index is 4.13. The number of nitrogens with one attached hydrogen (secondary N) is 1. The van der Waals surface area contributed by atoms with Crippen LogP contribution in [0.2, 0.25) is 0 Å². The van der Waals surface area contributed by atoms with Crippen molar-refractivity contribution >= 4 is 29.6 Å². The van der Waals surface area contributed by atoms with Crippen LogP contribution in [0.4, 0.5) is 0 Å². The third kappa shape index (κ3) is 1.30. The van der Waals surface area contributed by atoms with Gasteiger partial charge in [-0.1, -0.05) is 0 Å². The second kappa shape index (κ2) is 3.40. The summed E-state index contributed by atoms with van der Waals surface area (Å²) in [5, 5.41) is 8.20. The zero-order valence-electron chi connectivity index (χ0n) is 6.17. The van der Waals surface area contributed by atoms with E-state index in [0.717, 1.165) is 16.7 Å². The van der Waals surface area contributed by atoms with Crippen molar-refractivity contribution in [2.75, 3.05) is 0 Å². The molecule has 1 N–H and O–H groups in total. The fraction of sp³-hybridized carbons (Fsp3) is 0.167. The van der Waals surface area contributed by atoms with E-state index in [-0.39, 0.29) is 17.2 Å². The summed E-state index contributed by atoms with van der Waals surface area (Å²) in [6.07, 6.45) is 1.55. The molecular weight excluding hydrogens is 382 g/mol. The van der Waals surface area contributed by atoms with Crippen molar-refractivity contribution in [3.63, 3.8) is 0 Å². The Bertz CT molecular complexity index is 411. The fourth-order valence-electron chi connectivity index (χ4n) is 1.01. The molecule has 2 rings (SSSR count). The van der Waals surface area contributed by atoms with Gasteiger partial charge in [0.15, 0.2) is 0 Å². The van der Waals surface area contributed by atoms with E-state index in [1.807, 2.05) is 6.92 Å². The third-order valence-corrected chi connectivity index (χ3v) is 5.49. The van der Waals surface area contributed by atoms with Crippen LogP contribution in [-0.4, -0.2) is 20.2 Å². The standard InChI is InChI=1S/C6H5I2N4/c1-3-4-5(8-7)11-12-6(4)10-2-9-3/h2H,1H3,(H,9,10,11,12)/q-1. The molecule has 0 saturated carbocycles. The number of fused-ring (bicyclic) bond motifs is 1. The number of aromatic amines is 1.